The van der Waals surface area contributed by atoms with Gasteiger partial charge in [0, 0.05) is 0 Å². The predicted octanol–water partition coefficient (Wildman–Crippen LogP) is 6.35. The lowest BCUT2D eigenvalue weighted by Gasteiger charge is -2.16. The zero-order chi connectivity index (χ0) is 14.4. The summed E-state index contributed by atoms with van der Waals surface area (Å²) in [5.74, 6) is 0.708. The highest BCUT2D eigenvalue weighted by atomic mass is 14.1. The third-order valence-corrected chi connectivity index (χ3v) is 4.11. The molecule has 20 heavy (non-hydrogen) atoms. The Labute approximate surface area is 123 Å². The van der Waals surface area contributed by atoms with Gasteiger partial charge in [-0.05, 0) is 42.4 Å². The zero-order valence-electron chi connectivity index (χ0n) is 13.0. The van der Waals surface area contributed by atoms with E-state index in [4.69, 9.17) is 0 Å². The fourth-order valence-corrected chi connectivity index (χ4v) is 2.85. The second-order valence-corrected chi connectivity index (χ2v) is 5.74. The fraction of sp³-hybridized carbons (Fsp3) is 0.400. The molecule has 0 bridgehead atoms. The lowest BCUT2D eigenvalue weighted by molar-refractivity contribution is 0.570. The Kier molecular flexibility index (Phi) is 5.40. The Morgan fingerprint density at radius 2 is 1.60 bits per heavy atom. The number of rotatable bonds is 6. The molecule has 0 fully saturated rings. The van der Waals surface area contributed by atoms with Gasteiger partial charge in [-0.25, -0.2) is 0 Å². The maximum atomic E-state index is 2.39. The second kappa shape index (κ2) is 7.28. The van der Waals surface area contributed by atoms with Gasteiger partial charge in [0.05, 0.1) is 0 Å². The molecule has 2 aromatic rings. The first kappa shape index (κ1) is 14.8. The maximum absolute atomic E-state index is 2.39. The molecule has 106 valence electrons. The van der Waals surface area contributed by atoms with Crippen molar-refractivity contribution in [2.75, 3.05) is 0 Å². The molecule has 0 aliphatic carbocycles. The van der Waals surface area contributed by atoms with Crippen LogP contribution in [0, 0.1) is 6.92 Å². The van der Waals surface area contributed by atoms with Crippen molar-refractivity contribution < 1.29 is 0 Å². The van der Waals surface area contributed by atoms with Crippen LogP contribution in [0.4, 0.5) is 0 Å². The molecule has 0 aromatic heterocycles. The highest BCUT2D eigenvalue weighted by Gasteiger charge is 2.09. The summed E-state index contributed by atoms with van der Waals surface area (Å²) in [7, 11) is 0. The Bertz CT molecular complexity index is 539. The predicted molar refractivity (Wildman–Crippen MR) is 89.2 cm³/mol. The van der Waals surface area contributed by atoms with Gasteiger partial charge in [-0.2, -0.15) is 0 Å². The summed E-state index contributed by atoms with van der Waals surface area (Å²) in [6.07, 6.45) is 5.16. The van der Waals surface area contributed by atoms with E-state index in [0.29, 0.717) is 5.92 Å². The topological polar surface area (TPSA) is 0 Å². The molecule has 0 radical (unpaired) electrons. The monoisotopic (exact) mass is 266 g/mol. The van der Waals surface area contributed by atoms with E-state index in [9.17, 15) is 0 Å². The first-order chi connectivity index (χ1) is 9.74. The quantitative estimate of drug-likeness (QED) is 0.571. The van der Waals surface area contributed by atoms with E-state index in [0.717, 1.165) is 0 Å². The molecule has 0 nitrogen and oxygen atoms in total. The summed E-state index contributed by atoms with van der Waals surface area (Å²) in [6.45, 7) is 6.74. The molecule has 0 saturated heterocycles. The van der Waals surface area contributed by atoms with Crippen molar-refractivity contribution in [1.82, 2.24) is 0 Å². The van der Waals surface area contributed by atoms with Crippen molar-refractivity contribution in [2.24, 2.45) is 0 Å². The second-order valence-electron chi connectivity index (χ2n) is 5.74. The molecule has 2 rings (SSSR count). The third-order valence-electron chi connectivity index (χ3n) is 4.11. The van der Waals surface area contributed by atoms with Gasteiger partial charge in [0.25, 0.3) is 0 Å². The van der Waals surface area contributed by atoms with E-state index < -0.39 is 0 Å². The van der Waals surface area contributed by atoms with E-state index in [-0.39, 0.29) is 0 Å². The molecule has 0 spiro atoms. The maximum Gasteiger partial charge on any atom is -0.0164 e. The normalized spacial score (nSPS) is 12.3. The first-order valence-corrected chi connectivity index (χ1v) is 7.91. The van der Waals surface area contributed by atoms with Crippen LogP contribution in [0.25, 0.3) is 11.1 Å². The van der Waals surface area contributed by atoms with Crippen molar-refractivity contribution >= 4 is 0 Å². The minimum absolute atomic E-state index is 0.708. The summed E-state index contributed by atoms with van der Waals surface area (Å²) in [5.41, 5.74) is 5.50. The SMILES string of the molecule is CCCCC(CC)c1cccc(-c2cccc(C)c2)c1. The van der Waals surface area contributed by atoms with E-state index >= 15 is 0 Å². The van der Waals surface area contributed by atoms with E-state index in [1.165, 1.54) is 47.9 Å². The van der Waals surface area contributed by atoms with Crippen molar-refractivity contribution in [3.8, 4) is 11.1 Å². The van der Waals surface area contributed by atoms with Crippen molar-refractivity contribution in [2.45, 2.75) is 52.4 Å². The lowest BCUT2D eigenvalue weighted by atomic mass is 9.89. The molecule has 0 N–H and O–H groups in total. The van der Waals surface area contributed by atoms with E-state index in [1.54, 1.807) is 0 Å². The molecule has 1 unspecified atom stereocenters. The van der Waals surface area contributed by atoms with E-state index in [1.807, 2.05) is 0 Å². The smallest absolute Gasteiger partial charge is 0.0164 e. The molecular formula is C20H26. The minimum atomic E-state index is 0.708. The van der Waals surface area contributed by atoms with Crippen LogP contribution in [0.3, 0.4) is 0 Å². The van der Waals surface area contributed by atoms with Crippen molar-refractivity contribution in [3.05, 3.63) is 59.7 Å². The van der Waals surface area contributed by atoms with Crippen LogP contribution in [0.1, 0.15) is 56.6 Å². The molecule has 1 atom stereocenters. The molecule has 0 heteroatoms. The minimum Gasteiger partial charge on any atom is -0.0654 e. The molecule has 0 saturated carbocycles. The molecule has 0 amide bonds. The van der Waals surface area contributed by atoms with Crippen LogP contribution in [0.5, 0.6) is 0 Å². The largest absolute Gasteiger partial charge is 0.0654 e. The van der Waals surface area contributed by atoms with Crippen LogP contribution < -0.4 is 0 Å². The third kappa shape index (κ3) is 3.72. The average molecular weight is 266 g/mol. The number of aryl methyl sites for hydroxylation is 1. The number of benzene rings is 2. The highest BCUT2D eigenvalue weighted by Crippen LogP contribution is 2.29. The van der Waals surface area contributed by atoms with Gasteiger partial charge in [0.2, 0.25) is 0 Å². The van der Waals surface area contributed by atoms with Gasteiger partial charge >= 0.3 is 0 Å². The summed E-state index contributed by atoms with van der Waals surface area (Å²) in [5, 5.41) is 0. The van der Waals surface area contributed by atoms with Crippen LogP contribution >= 0.6 is 0 Å². The summed E-state index contributed by atoms with van der Waals surface area (Å²) >= 11 is 0. The van der Waals surface area contributed by atoms with Crippen LogP contribution in [0.2, 0.25) is 0 Å². The summed E-state index contributed by atoms with van der Waals surface area (Å²) in [4.78, 5) is 0. The molecule has 0 heterocycles. The fourth-order valence-electron chi connectivity index (χ4n) is 2.85. The summed E-state index contributed by atoms with van der Waals surface area (Å²) < 4.78 is 0. The number of hydrogen-bond donors (Lipinski definition) is 0. The molecule has 0 aliphatic heterocycles. The Morgan fingerprint density at radius 3 is 2.25 bits per heavy atom. The van der Waals surface area contributed by atoms with Gasteiger partial charge in [0.1, 0.15) is 0 Å². The van der Waals surface area contributed by atoms with E-state index in [2.05, 4.69) is 69.3 Å². The van der Waals surface area contributed by atoms with Crippen LogP contribution in [0.15, 0.2) is 48.5 Å². The zero-order valence-corrected chi connectivity index (χ0v) is 13.0. The summed E-state index contributed by atoms with van der Waals surface area (Å²) in [6, 6.07) is 17.9. The first-order valence-electron chi connectivity index (χ1n) is 7.91. The average Bonchev–Trinajstić information content (AvgIpc) is 2.48. The molecule has 2 aromatic carbocycles. The molecule has 0 aliphatic rings. The number of hydrogen-bond acceptors (Lipinski definition) is 0. The van der Waals surface area contributed by atoms with Crippen molar-refractivity contribution in [1.29, 1.82) is 0 Å². The van der Waals surface area contributed by atoms with Gasteiger partial charge < -0.3 is 0 Å². The van der Waals surface area contributed by atoms with Crippen molar-refractivity contribution in [3.63, 3.8) is 0 Å². The Hall–Kier alpha value is -1.56. The Morgan fingerprint density at radius 1 is 0.900 bits per heavy atom. The standard InChI is InChI=1S/C20H26/c1-4-6-10-17(5-2)19-12-8-13-20(15-19)18-11-7-9-16(3)14-18/h7-9,11-15,17H,4-6,10H2,1-3H3. The highest BCUT2D eigenvalue weighted by molar-refractivity contribution is 5.65. The van der Waals surface area contributed by atoms with Crippen LogP contribution in [-0.4, -0.2) is 0 Å². The van der Waals surface area contributed by atoms with Gasteiger partial charge in [-0.3, -0.25) is 0 Å². The van der Waals surface area contributed by atoms with Crippen LogP contribution in [-0.2, 0) is 0 Å². The molecular weight excluding hydrogens is 240 g/mol. The Balaban J connectivity index is 2.27. The van der Waals surface area contributed by atoms with Gasteiger partial charge in [-0.15, -0.1) is 0 Å². The lowest BCUT2D eigenvalue weighted by Crippen LogP contribution is -1.97. The van der Waals surface area contributed by atoms with Gasteiger partial charge in [0.15, 0.2) is 0 Å². The van der Waals surface area contributed by atoms with Gasteiger partial charge in [-0.1, -0.05) is 80.8 Å². The number of unbranched alkanes of at least 4 members (excludes halogenated alkanes) is 1.